The summed E-state index contributed by atoms with van der Waals surface area (Å²) < 4.78 is 0. The number of nitrogens with zero attached hydrogens (tertiary/aromatic N) is 2. The minimum absolute atomic E-state index is 0.141. The maximum Gasteiger partial charge on any atom is 0.236 e. The minimum Gasteiger partial charge on any atom is -0.338 e. The first-order chi connectivity index (χ1) is 7.56. The lowest BCUT2D eigenvalue weighted by molar-refractivity contribution is -0.134. The third kappa shape index (κ3) is 3.22. The van der Waals surface area contributed by atoms with E-state index in [4.69, 9.17) is 6.42 Å². The summed E-state index contributed by atoms with van der Waals surface area (Å²) in [5.74, 6) is 2.60. The van der Waals surface area contributed by atoms with Gasteiger partial charge in [0.25, 0.3) is 0 Å². The van der Waals surface area contributed by atoms with E-state index in [0.717, 1.165) is 13.1 Å². The summed E-state index contributed by atoms with van der Waals surface area (Å²) in [5.41, 5.74) is 0. The fraction of sp³-hybridized carbons (Fsp3) is 0.750. The second-order valence-corrected chi connectivity index (χ2v) is 4.47. The highest BCUT2D eigenvalue weighted by Gasteiger charge is 2.28. The molecule has 0 radical (unpaired) electrons. The molecule has 1 rings (SSSR count). The second kappa shape index (κ2) is 5.88. The molecular formula is C12H21N3O. The van der Waals surface area contributed by atoms with Crippen LogP contribution in [0.2, 0.25) is 0 Å². The standard InChI is InChI=1S/C12H21N3O/c1-5-6-13-7-12(16)15-8-10(2)14(4)11(3)9-15/h1,10-11,13H,6-9H2,2-4H3. The van der Waals surface area contributed by atoms with Gasteiger partial charge < -0.3 is 4.90 Å². The maximum absolute atomic E-state index is 11.8. The van der Waals surface area contributed by atoms with Crippen LogP contribution in [0.1, 0.15) is 13.8 Å². The monoisotopic (exact) mass is 223 g/mol. The average molecular weight is 223 g/mol. The Morgan fingerprint density at radius 3 is 2.50 bits per heavy atom. The van der Waals surface area contributed by atoms with Crippen molar-refractivity contribution in [3.8, 4) is 12.3 Å². The summed E-state index contributed by atoms with van der Waals surface area (Å²) in [5, 5.41) is 2.93. The Kier molecular flexibility index (Phi) is 4.78. The molecule has 0 aromatic carbocycles. The van der Waals surface area contributed by atoms with Crippen molar-refractivity contribution in [2.24, 2.45) is 0 Å². The van der Waals surface area contributed by atoms with Gasteiger partial charge >= 0.3 is 0 Å². The van der Waals surface area contributed by atoms with Gasteiger partial charge in [-0.3, -0.25) is 15.0 Å². The summed E-state index contributed by atoms with van der Waals surface area (Å²) in [7, 11) is 2.10. The molecule has 0 aromatic heterocycles. The number of terminal acetylenes is 1. The quantitative estimate of drug-likeness (QED) is 0.530. The zero-order valence-corrected chi connectivity index (χ0v) is 10.4. The van der Waals surface area contributed by atoms with Crippen molar-refractivity contribution in [2.45, 2.75) is 25.9 Å². The van der Waals surface area contributed by atoms with Gasteiger partial charge in [0.1, 0.15) is 0 Å². The van der Waals surface area contributed by atoms with Crippen molar-refractivity contribution in [1.82, 2.24) is 15.1 Å². The zero-order valence-electron chi connectivity index (χ0n) is 10.4. The van der Waals surface area contributed by atoms with E-state index in [0.29, 0.717) is 25.2 Å². The number of nitrogens with one attached hydrogen (secondary N) is 1. The Morgan fingerprint density at radius 1 is 1.44 bits per heavy atom. The number of carbonyl (C=O) groups is 1. The highest BCUT2D eigenvalue weighted by molar-refractivity contribution is 5.78. The normalized spacial score (nSPS) is 26.5. The fourth-order valence-electron chi connectivity index (χ4n) is 1.96. The highest BCUT2D eigenvalue weighted by Crippen LogP contribution is 2.12. The Morgan fingerprint density at radius 2 is 2.00 bits per heavy atom. The first-order valence-corrected chi connectivity index (χ1v) is 5.70. The highest BCUT2D eigenvalue weighted by atomic mass is 16.2. The van der Waals surface area contributed by atoms with Crippen LogP contribution >= 0.6 is 0 Å². The molecule has 1 N–H and O–H groups in total. The molecule has 90 valence electrons. The van der Waals surface area contributed by atoms with Crippen molar-refractivity contribution in [2.75, 3.05) is 33.2 Å². The minimum atomic E-state index is 0.141. The summed E-state index contributed by atoms with van der Waals surface area (Å²) in [6.07, 6.45) is 5.11. The molecule has 1 aliphatic rings. The predicted octanol–water partition coefficient (Wildman–Crippen LogP) is -0.240. The number of amides is 1. The van der Waals surface area contributed by atoms with Gasteiger partial charge in [-0.25, -0.2) is 0 Å². The van der Waals surface area contributed by atoms with Crippen molar-refractivity contribution < 1.29 is 4.79 Å². The topological polar surface area (TPSA) is 35.6 Å². The second-order valence-electron chi connectivity index (χ2n) is 4.47. The summed E-state index contributed by atoms with van der Waals surface area (Å²) in [6.45, 7) is 6.68. The molecule has 1 amide bonds. The molecule has 0 aliphatic carbocycles. The summed E-state index contributed by atoms with van der Waals surface area (Å²) in [6, 6.07) is 0.834. The Bertz CT molecular complexity index is 272. The maximum atomic E-state index is 11.8. The third-order valence-electron chi connectivity index (χ3n) is 3.22. The van der Waals surface area contributed by atoms with Gasteiger partial charge in [0.15, 0.2) is 0 Å². The summed E-state index contributed by atoms with van der Waals surface area (Å²) in [4.78, 5) is 16.1. The van der Waals surface area contributed by atoms with Crippen LogP contribution < -0.4 is 5.32 Å². The Hall–Kier alpha value is -1.05. The van der Waals surface area contributed by atoms with Crippen LogP contribution in [-0.4, -0.2) is 61.0 Å². The lowest BCUT2D eigenvalue weighted by Gasteiger charge is -2.42. The first-order valence-electron chi connectivity index (χ1n) is 5.70. The van der Waals surface area contributed by atoms with E-state index in [1.165, 1.54) is 0 Å². The number of carbonyl (C=O) groups excluding carboxylic acids is 1. The van der Waals surface area contributed by atoms with Gasteiger partial charge in [0, 0.05) is 25.2 Å². The average Bonchev–Trinajstić information content (AvgIpc) is 2.25. The molecule has 1 heterocycles. The van der Waals surface area contributed by atoms with E-state index in [2.05, 4.69) is 37.0 Å². The zero-order chi connectivity index (χ0) is 12.1. The van der Waals surface area contributed by atoms with Crippen LogP contribution in [0.15, 0.2) is 0 Å². The summed E-state index contributed by atoms with van der Waals surface area (Å²) >= 11 is 0. The van der Waals surface area contributed by atoms with Crippen molar-refractivity contribution in [1.29, 1.82) is 0 Å². The van der Waals surface area contributed by atoms with Crippen molar-refractivity contribution in [3.63, 3.8) is 0 Å². The molecule has 16 heavy (non-hydrogen) atoms. The number of piperazine rings is 1. The molecule has 0 bridgehead atoms. The van der Waals surface area contributed by atoms with Gasteiger partial charge in [0.2, 0.25) is 5.91 Å². The SMILES string of the molecule is C#CCNCC(=O)N1CC(C)N(C)C(C)C1. The largest absolute Gasteiger partial charge is 0.338 e. The Labute approximate surface area is 98.0 Å². The molecule has 1 fully saturated rings. The lowest BCUT2D eigenvalue weighted by atomic mass is 10.1. The van der Waals surface area contributed by atoms with E-state index in [-0.39, 0.29) is 5.91 Å². The lowest BCUT2D eigenvalue weighted by Crippen LogP contribution is -2.57. The Balaban J connectivity index is 2.43. The molecule has 4 heteroatoms. The van der Waals surface area contributed by atoms with E-state index >= 15 is 0 Å². The number of hydrogen-bond donors (Lipinski definition) is 1. The number of hydrogen-bond acceptors (Lipinski definition) is 3. The molecule has 1 aliphatic heterocycles. The smallest absolute Gasteiger partial charge is 0.236 e. The van der Waals surface area contributed by atoms with E-state index in [9.17, 15) is 4.79 Å². The van der Waals surface area contributed by atoms with Gasteiger partial charge in [-0.2, -0.15) is 0 Å². The van der Waals surface area contributed by atoms with Gasteiger partial charge in [0.05, 0.1) is 13.1 Å². The molecule has 0 saturated carbocycles. The predicted molar refractivity (Wildman–Crippen MR) is 65.0 cm³/mol. The van der Waals surface area contributed by atoms with Gasteiger partial charge in [-0.15, -0.1) is 6.42 Å². The molecule has 4 nitrogen and oxygen atoms in total. The van der Waals surface area contributed by atoms with Crippen LogP contribution in [0.3, 0.4) is 0 Å². The van der Waals surface area contributed by atoms with Crippen LogP contribution in [0, 0.1) is 12.3 Å². The van der Waals surface area contributed by atoms with E-state index < -0.39 is 0 Å². The third-order valence-corrected chi connectivity index (χ3v) is 3.22. The van der Waals surface area contributed by atoms with Crippen molar-refractivity contribution in [3.05, 3.63) is 0 Å². The van der Waals surface area contributed by atoms with E-state index in [1.807, 2.05) is 4.90 Å². The van der Waals surface area contributed by atoms with E-state index in [1.54, 1.807) is 0 Å². The number of rotatable bonds is 3. The van der Waals surface area contributed by atoms with Crippen LogP contribution in [0.25, 0.3) is 0 Å². The molecule has 2 unspecified atom stereocenters. The molecule has 0 aromatic rings. The first kappa shape index (κ1) is 13.0. The molecule has 2 atom stereocenters. The molecular weight excluding hydrogens is 202 g/mol. The molecule has 1 saturated heterocycles. The molecule has 0 spiro atoms. The van der Waals surface area contributed by atoms with Crippen LogP contribution in [-0.2, 0) is 4.79 Å². The van der Waals surface area contributed by atoms with Gasteiger partial charge in [-0.05, 0) is 20.9 Å². The van der Waals surface area contributed by atoms with Crippen LogP contribution in [0.4, 0.5) is 0 Å². The fourth-order valence-corrected chi connectivity index (χ4v) is 1.96. The van der Waals surface area contributed by atoms with Gasteiger partial charge in [-0.1, -0.05) is 5.92 Å². The van der Waals surface area contributed by atoms with Crippen LogP contribution in [0.5, 0.6) is 0 Å². The van der Waals surface area contributed by atoms with Crippen molar-refractivity contribution >= 4 is 5.91 Å². The number of likely N-dealkylation sites (N-methyl/N-ethyl adjacent to an activating group) is 1.